The third-order valence-corrected chi connectivity index (χ3v) is 3.15. The summed E-state index contributed by atoms with van der Waals surface area (Å²) in [6, 6.07) is 0. The molecular weight excluding hydrogens is 289 g/mol. The number of rotatable bonds is 3. The number of aromatic nitrogens is 2. The standard InChI is InChI=1S/C10H18IN3/c1-6(2)5-14-10(12)8(11)9(13-14)7(3)4/h6-7H,5,12H2,1-4H3. The lowest BCUT2D eigenvalue weighted by molar-refractivity contribution is 0.483. The second-order valence-corrected chi connectivity index (χ2v) is 5.39. The zero-order valence-electron chi connectivity index (χ0n) is 9.21. The van der Waals surface area contributed by atoms with Crippen LogP contribution in [0.2, 0.25) is 0 Å². The van der Waals surface area contributed by atoms with Crippen LogP contribution < -0.4 is 5.73 Å². The van der Waals surface area contributed by atoms with Crippen molar-refractivity contribution in [2.24, 2.45) is 5.92 Å². The van der Waals surface area contributed by atoms with E-state index in [1.807, 2.05) is 4.68 Å². The third-order valence-electron chi connectivity index (χ3n) is 2.04. The van der Waals surface area contributed by atoms with Gasteiger partial charge in [0.15, 0.2) is 0 Å². The molecule has 0 fully saturated rings. The molecule has 4 heteroatoms. The molecule has 0 saturated carbocycles. The molecular formula is C10H18IN3. The molecule has 1 heterocycles. The first-order chi connectivity index (χ1) is 6.43. The van der Waals surface area contributed by atoms with Gasteiger partial charge in [-0.15, -0.1) is 0 Å². The Morgan fingerprint density at radius 1 is 1.36 bits per heavy atom. The number of anilines is 1. The molecule has 0 radical (unpaired) electrons. The van der Waals surface area contributed by atoms with Gasteiger partial charge < -0.3 is 5.73 Å². The SMILES string of the molecule is CC(C)Cn1nc(C(C)C)c(I)c1N. The van der Waals surface area contributed by atoms with E-state index in [-0.39, 0.29) is 0 Å². The highest BCUT2D eigenvalue weighted by atomic mass is 127. The van der Waals surface area contributed by atoms with Crippen molar-refractivity contribution in [2.45, 2.75) is 40.2 Å². The molecule has 1 aromatic rings. The second kappa shape index (κ2) is 4.51. The highest BCUT2D eigenvalue weighted by Crippen LogP contribution is 2.25. The first kappa shape index (κ1) is 11.8. The normalized spacial score (nSPS) is 11.6. The van der Waals surface area contributed by atoms with Crippen LogP contribution in [0.3, 0.4) is 0 Å². The maximum atomic E-state index is 5.98. The minimum absolute atomic E-state index is 0.442. The highest BCUT2D eigenvalue weighted by Gasteiger charge is 2.15. The molecule has 1 aromatic heterocycles. The molecule has 1 rings (SSSR count). The maximum Gasteiger partial charge on any atom is 0.135 e. The minimum Gasteiger partial charge on any atom is -0.383 e. The van der Waals surface area contributed by atoms with Crippen LogP contribution in [0.5, 0.6) is 0 Å². The Bertz CT molecular complexity index is 315. The summed E-state index contributed by atoms with van der Waals surface area (Å²) in [7, 11) is 0. The smallest absolute Gasteiger partial charge is 0.135 e. The summed E-state index contributed by atoms with van der Waals surface area (Å²) in [6.45, 7) is 9.52. The van der Waals surface area contributed by atoms with Crippen molar-refractivity contribution in [3.05, 3.63) is 9.26 Å². The summed E-state index contributed by atoms with van der Waals surface area (Å²) < 4.78 is 3.03. The molecule has 14 heavy (non-hydrogen) atoms. The fourth-order valence-corrected chi connectivity index (χ4v) is 2.34. The van der Waals surface area contributed by atoms with Crippen molar-refractivity contribution >= 4 is 28.4 Å². The van der Waals surface area contributed by atoms with Crippen LogP contribution in [0.4, 0.5) is 5.82 Å². The zero-order chi connectivity index (χ0) is 10.9. The molecule has 80 valence electrons. The molecule has 0 amide bonds. The van der Waals surface area contributed by atoms with Crippen LogP contribution in [0.15, 0.2) is 0 Å². The average Bonchev–Trinajstić information content (AvgIpc) is 2.32. The zero-order valence-corrected chi connectivity index (χ0v) is 11.4. The van der Waals surface area contributed by atoms with Gasteiger partial charge in [-0.25, -0.2) is 4.68 Å². The lowest BCUT2D eigenvalue weighted by atomic mass is 10.1. The molecule has 0 aliphatic heterocycles. The number of hydrogen-bond donors (Lipinski definition) is 1. The topological polar surface area (TPSA) is 43.8 Å². The van der Waals surface area contributed by atoms with Crippen LogP contribution >= 0.6 is 22.6 Å². The van der Waals surface area contributed by atoms with E-state index in [4.69, 9.17) is 5.73 Å². The first-order valence-corrected chi connectivity index (χ1v) is 6.03. The summed E-state index contributed by atoms with van der Waals surface area (Å²) in [5.41, 5.74) is 7.10. The van der Waals surface area contributed by atoms with E-state index in [2.05, 4.69) is 55.4 Å². The summed E-state index contributed by atoms with van der Waals surface area (Å²) >= 11 is 2.28. The Morgan fingerprint density at radius 2 is 1.93 bits per heavy atom. The third kappa shape index (κ3) is 2.40. The second-order valence-electron chi connectivity index (χ2n) is 4.32. The molecule has 0 aliphatic carbocycles. The van der Waals surface area contributed by atoms with E-state index in [1.165, 1.54) is 0 Å². The Kier molecular flexibility index (Phi) is 3.80. The van der Waals surface area contributed by atoms with Crippen LogP contribution in [0, 0.1) is 9.49 Å². The Morgan fingerprint density at radius 3 is 2.29 bits per heavy atom. The van der Waals surface area contributed by atoms with Crippen LogP contribution in [-0.2, 0) is 6.54 Å². The summed E-state index contributed by atoms with van der Waals surface area (Å²) in [4.78, 5) is 0. The number of nitrogens with zero attached hydrogens (tertiary/aromatic N) is 2. The van der Waals surface area contributed by atoms with Crippen molar-refractivity contribution in [2.75, 3.05) is 5.73 Å². The molecule has 0 saturated heterocycles. The van der Waals surface area contributed by atoms with Gasteiger partial charge >= 0.3 is 0 Å². The number of hydrogen-bond acceptors (Lipinski definition) is 2. The lowest BCUT2D eigenvalue weighted by Gasteiger charge is -2.06. The molecule has 0 bridgehead atoms. The average molecular weight is 307 g/mol. The summed E-state index contributed by atoms with van der Waals surface area (Å²) in [5, 5.41) is 4.53. The Balaban J connectivity index is 3.02. The molecule has 0 atom stereocenters. The number of halogens is 1. The predicted octanol–water partition coefficient (Wildman–Crippen LogP) is 2.85. The monoisotopic (exact) mass is 307 g/mol. The lowest BCUT2D eigenvalue weighted by Crippen LogP contribution is -2.09. The maximum absolute atomic E-state index is 5.98. The van der Waals surface area contributed by atoms with E-state index in [1.54, 1.807) is 0 Å². The van der Waals surface area contributed by atoms with E-state index >= 15 is 0 Å². The highest BCUT2D eigenvalue weighted by molar-refractivity contribution is 14.1. The predicted molar refractivity (Wildman–Crippen MR) is 68.3 cm³/mol. The van der Waals surface area contributed by atoms with Gasteiger partial charge in [-0.1, -0.05) is 27.7 Å². The van der Waals surface area contributed by atoms with Gasteiger partial charge in [-0.3, -0.25) is 0 Å². The van der Waals surface area contributed by atoms with Crippen molar-refractivity contribution in [1.29, 1.82) is 0 Å². The minimum atomic E-state index is 0.442. The van der Waals surface area contributed by atoms with Crippen LogP contribution in [-0.4, -0.2) is 9.78 Å². The van der Waals surface area contributed by atoms with Crippen LogP contribution in [0.1, 0.15) is 39.3 Å². The fraction of sp³-hybridized carbons (Fsp3) is 0.700. The summed E-state index contributed by atoms with van der Waals surface area (Å²) in [6.07, 6.45) is 0. The van der Waals surface area contributed by atoms with Crippen molar-refractivity contribution in [3.63, 3.8) is 0 Å². The molecule has 2 N–H and O–H groups in total. The fourth-order valence-electron chi connectivity index (χ4n) is 1.33. The van der Waals surface area contributed by atoms with Crippen molar-refractivity contribution in [3.8, 4) is 0 Å². The van der Waals surface area contributed by atoms with Gasteiger partial charge in [0.2, 0.25) is 0 Å². The molecule has 0 aromatic carbocycles. The van der Waals surface area contributed by atoms with Gasteiger partial charge in [0.05, 0.1) is 9.26 Å². The van der Waals surface area contributed by atoms with Crippen molar-refractivity contribution < 1.29 is 0 Å². The van der Waals surface area contributed by atoms with Gasteiger partial charge in [-0.05, 0) is 34.4 Å². The molecule has 0 spiro atoms. The van der Waals surface area contributed by atoms with E-state index < -0.39 is 0 Å². The first-order valence-electron chi connectivity index (χ1n) is 4.95. The van der Waals surface area contributed by atoms with Gasteiger partial charge in [0, 0.05) is 6.54 Å². The van der Waals surface area contributed by atoms with Crippen LogP contribution in [0.25, 0.3) is 0 Å². The quantitative estimate of drug-likeness (QED) is 0.873. The van der Waals surface area contributed by atoms with E-state index in [9.17, 15) is 0 Å². The number of nitrogen functional groups attached to an aromatic ring is 1. The van der Waals surface area contributed by atoms with Gasteiger partial charge in [0.1, 0.15) is 5.82 Å². The van der Waals surface area contributed by atoms with Gasteiger partial charge in [-0.2, -0.15) is 5.10 Å². The van der Waals surface area contributed by atoms with E-state index in [0.717, 1.165) is 21.6 Å². The molecule has 0 aliphatic rings. The largest absolute Gasteiger partial charge is 0.383 e. The number of nitrogens with two attached hydrogens (primary N) is 1. The Labute approximate surface area is 99.2 Å². The van der Waals surface area contributed by atoms with Gasteiger partial charge in [0.25, 0.3) is 0 Å². The molecule has 3 nitrogen and oxygen atoms in total. The Hall–Kier alpha value is -0.260. The van der Waals surface area contributed by atoms with Crippen molar-refractivity contribution in [1.82, 2.24) is 9.78 Å². The molecule has 0 unspecified atom stereocenters. The summed E-state index contributed by atoms with van der Waals surface area (Å²) in [5.74, 6) is 1.83. The van der Waals surface area contributed by atoms with E-state index in [0.29, 0.717) is 11.8 Å².